The van der Waals surface area contributed by atoms with Gasteiger partial charge >= 0.3 is 27.0 Å². The molecule has 0 saturated heterocycles. The summed E-state index contributed by atoms with van der Waals surface area (Å²) < 4.78 is 4.50. The van der Waals surface area contributed by atoms with Crippen molar-refractivity contribution >= 4 is 5.97 Å². The summed E-state index contributed by atoms with van der Waals surface area (Å²) in [5.74, 6) is 0.556. The van der Waals surface area contributed by atoms with E-state index in [1.54, 1.807) is 6.92 Å². The SMILES string of the molecule is CC(C)CN[C@@H]1CCCC[C@H]1N.CC(C)CN[C@@H]1CCCC[C@H]1N.CCOCC(=O)O.[Pt+4]. The Morgan fingerprint density at radius 3 is 1.50 bits per heavy atom. The van der Waals surface area contributed by atoms with Crippen molar-refractivity contribution in [1.29, 1.82) is 0 Å². The van der Waals surface area contributed by atoms with Gasteiger partial charge in [0.15, 0.2) is 0 Å². The maximum atomic E-state index is 9.63. The van der Waals surface area contributed by atoms with Crippen LogP contribution in [0.1, 0.15) is 86.0 Å². The number of rotatable bonds is 9. The van der Waals surface area contributed by atoms with Gasteiger partial charge in [0, 0.05) is 30.8 Å². The molecular formula is C24H52N4O3Pt+4. The summed E-state index contributed by atoms with van der Waals surface area (Å²) in [7, 11) is 0. The van der Waals surface area contributed by atoms with Crippen molar-refractivity contribution in [2.75, 3.05) is 26.3 Å². The minimum absolute atomic E-state index is 0. The number of hydrogen-bond acceptors (Lipinski definition) is 6. The van der Waals surface area contributed by atoms with Gasteiger partial charge in [-0.1, -0.05) is 53.4 Å². The molecule has 0 aromatic rings. The molecule has 0 aromatic carbocycles. The largest absolute Gasteiger partial charge is 4.00 e. The van der Waals surface area contributed by atoms with Crippen LogP contribution < -0.4 is 22.1 Å². The number of carboxylic acid groups (broad SMARTS) is 1. The van der Waals surface area contributed by atoms with Gasteiger partial charge < -0.3 is 31.9 Å². The third kappa shape index (κ3) is 19.4. The molecule has 2 aliphatic rings. The summed E-state index contributed by atoms with van der Waals surface area (Å²) in [4.78, 5) is 9.63. The van der Waals surface area contributed by atoms with E-state index in [1.807, 2.05) is 0 Å². The van der Waals surface area contributed by atoms with Gasteiger partial charge in [-0.25, -0.2) is 4.79 Å². The molecule has 7 N–H and O–H groups in total. The van der Waals surface area contributed by atoms with Crippen LogP contribution in [0.15, 0.2) is 0 Å². The van der Waals surface area contributed by atoms with Gasteiger partial charge in [0.25, 0.3) is 0 Å². The van der Waals surface area contributed by atoms with Gasteiger partial charge in [0.2, 0.25) is 0 Å². The molecule has 7 nitrogen and oxygen atoms in total. The van der Waals surface area contributed by atoms with Crippen molar-refractivity contribution < 1.29 is 35.7 Å². The number of nitrogens with one attached hydrogen (secondary N) is 2. The molecule has 32 heavy (non-hydrogen) atoms. The van der Waals surface area contributed by atoms with Crippen molar-refractivity contribution in [3.63, 3.8) is 0 Å². The number of carboxylic acids is 1. The fourth-order valence-electron chi connectivity index (χ4n) is 3.79. The van der Waals surface area contributed by atoms with Crippen molar-refractivity contribution in [1.82, 2.24) is 10.6 Å². The topological polar surface area (TPSA) is 123 Å². The van der Waals surface area contributed by atoms with Crippen molar-refractivity contribution in [3.8, 4) is 0 Å². The molecule has 2 saturated carbocycles. The Labute approximate surface area is 211 Å². The number of carbonyl (C=O) groups is 1. The number of ether oxygens (including phenoxy) is 1. The molecule has 8 heteroatoms. The zero-order chi connectivity index (χ0) is 23.6. The summed E-state index contributed by atoms with van der Waals surface area (Å²) in [6, 6.07) is 1.97. The number of nitrogens with two attached hydrogens (primary N) is 2. The molecule has 0 aliphatic heterocycles. The van der Waals surface area contributed by atoms with Crippen LogP contribution >= 0.6 is 0 Å². The molecule has 4 atom stereocenters. The van der Waals surface area contributed by atoms with Gasteiger partial charge in [0.05, 0.1) is 0 Å². The Morgan fingerprint density at radius 1 is 0.875 bits per heavy atom. The summed E-state index contributed by atoms with van der Waals surface area (Å²) in [6.45, 7) is 13.2. The van der Waals surface area contributed by atoms with Crippen LogP contribution in [0.5, 0.6) is 0 Å². The second kappa shape index (κ2) is 21.5. The standard InChI is InChI=1S/2C10H22N2.C4H8O3.Pt/c2*1-8(2)7-12-10-6-4-3-5-9(10)11;1-2-7-3-4(5)6;/h2*8-10,12H,3-7,11H2,1-2H3;2-3H2,1H3,(H,5,6);/q;;;+4/t2*9-,10-;;/m11../s1. The summed E-state index contributed by atoms with van der Waals surface area (Å²) in [6.07, 6.45) is 10.3. The van der Waals surface area contributed by atoms with Gasteiger partial charge in [0.1, 0.15) is 6.61 Å². The van der Waals surface area contributed by atoms with E-state index < -0.39 is 5.97 Å². The first kappa shape index (κ1) is 34.1. The van der Waals surface area contributed by atoms with E-state index in [1.165, 1.54) is 51.4 Å². The Bertz CT molecular complexity index is 411. The third-order valence-electron chi connectivity index (χ3n) is 5.65. The van der Waals surface area contributed by atoms with Crippen molar-refractivity contribution in [2.24, 2.45) is 23.3 Å². The van der Waals surface area contributed by atoms with E-state index in [2.05, 4.69) is 43.1 Å². The zero-order valence-electron chi connectivity index (χ0n) is 21.2. The molecule has 2 rings (SSSR count). The van der Waals surface area contributed by atoms with Crippen LogP contribution in [-0.4, -0.2) is 61.5 Å². The van der Waals surface area contributed by atoms with E-state index in [9.17, 15) is 4.79 Å². The molecule has 0 unspecified atom stereocenters. The molecule has 0 amide bonds. The minimum Gasteiger partial charge on any atom is -0.480 e. The summed E-state index contributed by atoms with van der Waals surface area (Å²) in [5, 5.41) is 15.0. The van der Waals surface area contributed by atoms with Gasteiger partial charge in [-0.15, -0.1) is 0 Å². The Kier molecular flexibility index (Phi) is 22.9. The maximum absolute atomic E-state index is 9.63. The smallest absolute Gasteiger partial charge is 0.480 e. The average Bonchev–Trinajstić information content (AvgIpc) is 2.72. The first-order chi connectivity index (χ1) is 14.7. The molecule has 2 aliphatic carbocycles. The molecule has 0 bridgehead atoms. The molecule has 2 fully saturated rings. The molecule has 0 spiro atoms. The first-order valence-corrected chi connectivity index (χ1v) is 12.4. The fraction of sp³-hybridized carbons (Fsp3) is 0.958. The Balaban J connectivity index is 0. The van der Waals surface area contributed by atoms with Crippen LogP contribution in [-0.2, 0) is 30.6 Å². The van der Waals surface area contributed by atoms with Crippen LogP contribution in [0.4, 0.5) is 0 Å². The van der Waals surface area contributed by atoms with E-state index in [0.717, 1.165) is 24.9 Å². The van der Waals surface area contributed by atoms with E-state index in [-0.39, 0.29) is 27.7 Å². The quantitative estimate of drug-likeness (QED) is 0.263. The van der Waals surface area contributed by atoms with E-state index in [0.29, 0.717) is 30.8 Å². The molecule has 192 valence electrons. The van der Waals surface area contributed by atoms with Crippen molar-refractivity contribution in [2.45, 2.75) is 110 Å². The molecule has 0 aromatic heterocycles. The second-order valence-electron chi connectivity index (χ2n) is 9.74. The number of aliphatic carboxylic acids is 1. The normalized spacial score (nSPS) is 25.2. The summed E-state index contributed by atoms with van der Waals surface area (Å²) >= 11 is 0. The Hall–Kier alpha value is -0.0417. The predicted molar refractivity (Wildman–Crippen MR) is 130 cm³/mol. The monoisotopic (exact) mass is 639 g/mol. The van der Waals surface area contributed by atoms with E-state index in [4.69, 9.17) is 16.6 Å². The van der Waals surface area contributed by atoms with Gasteiger partial charge in [-0.05, 0) is 57.5 Å². The average molecular weight is 640 g/mol. The summed E-state index contributed by atoms with van der Waals surface area (Å²) in [5.41, 5.74) is 12.0. The van der Waals surface area contributed by atoms with Gasteiger partial charge in [-0.3, -0.25) is 0 Å². The van der Waals surface area contributed by atoms with Crippen LogP contribution in [0.2, 0.25) is 0 Å². The van der Waals surface area contributed by atoms with Crippen LogP contribution in [0.25, 0.3) is 0 Å². The van der Waals surface area contributed by atoms with Crippen molar-refractivity contribution in [3.05, 3.63) is 0 Å². The minimum atomic E-state index is -0.915. The maximum Gasteiger partial charge on any atom is 4.00 e. The molecular weight excluding hydrogens is 587 g/mol. The molecule has 0 heterocycles. The Morgan fingerprint density at radius 2 is 1.25 bits per heavy atom. The van der Waals surface area contributed by atoms with Crippen LogP contribution in [0.3, 0.4) is 0 Å². The first-order valence-electron chi connectivity index (χ1n) is 12.4. The third-order valence-corrected chi connectivity index (χ3v) is 5.65. The number of hydrogen-bond donors (Lipinski definition) is 5. The molecule has 0 radical (unpaired) electrons. The fourth-order valence-corrected chi connectivity index (χ4v) is 3.79. The van der Waals surface area contributed by atoms with E-state index >= 15 is 0 Å². The predicted octanol–water partition coefficient (Wildman–Crippen LogP) is 3.11. The second-order valence-corrected chi connectivity index (χ2v) is 9.74. The zero-order valence-corrected chi connectivity index (χ0v) is 23.5. The van der Waals surface area contributed by atoms with Crippen LogP contribution in [0, 0.1) is 11.8 Å². The van der Waals surface area contributed by atoms with Gasteiger partial charge in [-0.2, -0.15) is 0 Å².